The van der Waals surface area contributed by atoms with Crippen LogP contribution in [0.3, 0.4) is 0 Å². The Morgan fingerprint density at radius 1 is 1.02 bits per heavy atom. The molecule has 0 spiro atoms. The summed E-state index contributed by atoms with van der Waals surface area (Å²) in [6.07, 6.45) is 0.366. The Hall–Kier alpha value is -4.75. The second-order valence-corrected chi connectivity index (χ2v) is 11.1. The van der Waals surface area contributed by atoms with E-state index in [1.54, 1.807) is 44.4 Å². The van der Waals surface area contributed by atoms with Crippen molar-refractivity contribution in [2.75, 3.05) is 27.4 Å². The zero-order chi connectivity index (χ0) is 33.2. The van der Waals surface area contributed by atoms with E-state index in [1.807, 2.05) is 38.1 Å². The van der Waals surface area contributed by atoms with E-state index in [2.05, 4.69) is 37.1 Å². The number of urea groups is 1. The van der Waals surface area contributed by atoms with E-state index in [0.717, 1.165) is 10.0 Å². The number of amides is 2. The minimum Gasteiger partial charge on any atom is -0.493 e. The highest BCUT2D eigenvalue weighted by molar-refractivity contribution is 9.10. The molecule has 13 heteroatoms. The lowest BCUT2D eigenvalue weighted by Crippen LogP contribution is -2.45. The zero-order valence-electron chi connectivity index (χ0n) is 26.2. The molecule has 46 heavy (non-hydrogen) atoms. The molecule has 3 aromatic carbocycles. The highest BCUT2D eigenvalue weighted by Gasteiger charge is 2.32. The van der Waals surface area contributed by atoms with Gasteiger partial charge in [0, 0.05) is 15.7 Å². The normalized spacial score (nSPS) is 15.1. The van der Waals surface area contributed by atoms with Crippen LogP contribution in [0.25, 0.3) is 0 Å². The predicted octanol–water partition coefficient (Wildman–Crippen LogP) is 4.87. The molecule has 1 heterocycles. The molecule has 0 aliphatic carbocycles. The molecular formula is C33H37BrN4O8. The number of ether oxygens (including phenoxy) is 5. The molecule has 0 unspecified atom stereocenters. The first kappa shape index (κ1) is 34.1. The summed E-state index contributed by atoms with van der Waals surface area (Å²) in [5.74, 6) is 1.24. The monoisotopic (exact) mass is 696 g/mol. The summed E-state index contributed by atoms with van der Waals surface area (Å²) in [6.45, 7) is 6.03. The lowest BCUT2D eigenvalue weighted by Gasteiger charge is -2.28. The minimum atomic E-state index is -1.16. The number of aliphatic hydroxyl groups excluding tert-OH is 1. The maximum atomic E-state index is 12.5. The van der Waals surface area contributed by atoms with E-state index in [-0.39, 0.29) is 12.2 Å². The summed E-state index contributed by atoms with van der Waals surface area (Å²) in [5, 5.41) is 20.0. The fourth-order valence-corrected chi connectivity index (χ4v) is 5.01. The Bertz CT molecular complexity index is 1610. The number of aliphatic hydroxyl groups is 1. The van der Waals surface area contributed by atoms with E-state index >= 15 is 0 Å². The molecule has 0 saturated heterocycles. The quantitative estimate of drug-likeness (QED) is 0.0802. The third kappa shape index (κ3) is 8.70. The van der Waals surface area contributed by atoms with E-state index in [9.17, 15) is 14.7 Å². The van der Waals surface area contributed by atoms with Crippen LogP contribution in [-0.2, 0) is 16.1 Å². The molecule has 0 saturated carbocycles. The first-order chi connectivity index (χ1) is 22.1. The smallest absolute Gasteiger partial charge is 0.337 e. The molecule has 2 atom stereocenters. The molecule has 0 aromatic heterocycles. The van der Waals surface area contributed by atoms with Gasteiger partial charge in [-0.1, -0.05) is 35.9 Å². The summed E-state index contributed by atoms with van der Waals surface area (Å²) in [7, 11) is 2.83. The van der Waals surface area contributed by atoms with Gasteiger partial charge < -0.3 is 39.4 Å². The van der Waals surface area contributed by atoms with Crippen molar-refractivity contribution in [2.24, 2.45) is 5.10 Å². The number of nitrogens with zero attached hydrogens (tertiary/aromatic N) is 1. The maximum absolute atomic E-state index is 12.5. The van der Waals surface area contributed by atoms with Gasteiger partial charge in [0.05, 0.1) is 38.7 Å². The number of carbonyl (C=O) groups is 2. The van der Waals surface area contributed by atoms with Crippen LogP contribution in [-0.4, -0.2) is 57.0 Å². The summed E-state index contributed by atoms with van der Waals surface area (Å²) < 4.78 is 28.7. The molecule has 12 nitrogen and oxygen atoms in total. The number of nitrogens with one attached hydrogen (secondary N) is 3. The van der Waals surface area contributed by atoms with Crippen LogP contribution >= 0.6 is 15.9 Å². The number of esters is 1. The molecule has 4 rings (SSSR count). The van der Waals surface area contributed by atoms with Crippen LogP contribution in [0.4, 0.5) is 4.79 Å². The van der Waals surface area contributed by atoms with Gasteiger partial charge in [-0.3, -0.25) is 5.43 Å². The summed E-state index contributed by atoms with van der Waals surface area (Å²) in [6, 6.07) is 15.5. The van der Waals surface area contributed by atoms with Crippen molar-refractivity contribution in [3.05, 3.63) is 92.6 Å². The van der Waals surface area contributed by atoms with Crippen LogP contribution in [0.1, 0.15) is 42.1 Å². The molecular weight excluding hydrogens is 660 g/mol. The van der Waals surface area contributed by atoms with Crippen LogP contribution < -0.4 is 35.0 Å². The topological polar surface area (TPSA) is 149 Å². The predicted molar refractivity (Wildman–Crippen MR) is 175 cm³/mol. The van der Waals surface area contributed by atoms with Gasteiger partial charge in [0.1, 0.15) is 13.2 Å². The Morgan fingerprint density at radius 2 is 1.76 bits per heavy atom. The first-order valence-corrected chi connectivity index (χ1v) is 15.2. The lowest BCUT2D eigenvalue weighted by molar-refractivity contribution is -0.136. The fraction of sp³-hybridized carbons (Fsp3) is 0.303. The van der Waals surface area contributed by atoms with Crippen LogP contribution in [0.15, 0.2) is 75.4 Å². The van der Waals surface area contributed by atoms with Crippen molar-refractivity contribution in [3.63, 3.8) is 0 Å². The fourth-order valence-electron chi connectivity index (χ4n) is 4.58. The Labute approximate surface area is 275 Å². The summed E-state index contributed by atoms with van der Waals surface area (Å²) in [5.41, 5.74) is 6.78. The first-order valence-electron chi connectivity index (χ1n) is 14.4. The largest absolute Gasteiger partial charge is 0.493 e. The highest BCUT2D eigenvalue weighted by atomic mass is 79.9. The van der Waals surface area contributed by atoms with Crippen LogP contribution in [0.2, 0.25) is 0 Å². The Morgan fingerprint density at radius 3 is 2.46 bits per heavy atom. The zero-order valence-corrected chi connectivity index (χ0v) is 27.8. The van der Waals surface area contributed by atoms with Crippen molar-refractivity contribution >= 4 is 34.1 Å². The number of rotatable bonds is 14. The Balaban J connectivity index is 1.39. The van der Waals surface area contributed by atoms with Crippen LogP contribution in [0.5, 0.6) is 23.0 Å². The molecule has 3 aromatic rings. The van der Waals surface area contributed by atoms with Gasteiger partial charge in [-0.05, 0) is 72.1 Å². The number of aryl methyl sites for hydroxylation is 1. The van der Waals surface area contributed by atoms with E-state index < -0.39 is 24.3 Å². The van der Waals surface area contributed by atoms with Gasteiger partial charge in [-0.25, -0.2) is 9.59 Å². The van der Waals surface area contributed by atoms with Crippen molar-refractivity contribution < 1.29 is 38.4 Å². The Kier molecular flexibility index (Phi) is 11.9. The lowest BCUT2D eigenvalue weighted by atomic mass is 9.95. The van der Waals surface area contributed by atoms with E-state index in [1.165, 1.54) is 18.9 Å². The number of carbonyl (C=O) groups excluding carboxylic acids is 2. The third-order valence-electron chi connectivity index (χ3n) is 6.90. The SMILES string of the molecule is CCOc1cc([C@H]2NC(=O)NC(C)=C2C(=O)OC)ccc1OC[C@@H](O)N/N=C\c1cc(OC)c(OCc2ccc(C)cc2)cc1Br. The van der Waals surface area contributed by atoms with Gasteiger partial charge in [-0.15, -0.1) is 0 Å². The summed E-state index contributed by atoms with van der Waals surface area (Å²) >= 11 is 3.54. The van der Waals surface area contributed by atoms with Crippen molar-refractivity contribution in [1.82, 2.24) is 16.1 Å². The number of hydrogen-bond donors (Lipinski definition) is 4. The third-order valence-corrected chi connectivity index (χ3v) is 7.58. The number of allylic oxidation sites excluding steroid dienone is 1. The molecule has 0 radical (unpaired) electrons. The second kappa shape index (κ2) is 16.0. The molecule has 4 N–H and O–H groups in total. The number of halogens is 1. The van der Waals surface area contributed by atoms with Gasteiger partial charge in [0.15, 0.2) is 29.2 Å². The van der Waals surface area contributed by atoms with Gasteiger partial charge in [0.25, 0.3) is 0 Å². The second-order valence-electron chi connectivity index (χ2n) is 10.2. The number of hydrogen-bond acceptors (Lipinski definition) is 10. The van der Waals surface area contributed by atoms with E-state index in [0.29, 0.717) is 53.0 Å². The highest BCUT2D eigenvalue weighted by Crippen LogP contribution is 2.35. The molecule has 2 amide bonds. The average molecular weight is 698 g/mol. The standard InChI is InChI=1S/C33H37BrN4O8/c1-6-44-27-13-22(31-30(32(40)43-5)20(3)36-33(41)37-31)11-12-25(27)46-18-29(39)38-35-16-23-14-26(42-4)28(15-24(23)34)45-17-21-9-7-19(2)8-10-21/h7-16,29,31,38-39H,6,17-18H2,1-5H3,(H2,36,37,41)/b35-16-/t29-,31-/m1/s1. The molecule has 0 fully saturated rings. The number of benzene rings is 3. The van der Waals surface area contributed by atoms with Crippen molar-refractivity contribution in [1.29, 1.82) is 0 Å². The number of methoxy groups -OCH3 is 2. The molecule has 0 bridgehead atoms. The average Bonchev–Trinajstić information content (AvgIpc) is 3.04. The number of hydrazone groups is 1. The minimum absolute atomic E-state index is 0.163. The molecule has 1 aliphatic rings. The maximum Gasteiger partial charge on any atom is 0.337 e. The summed E-state index contributed by atoms with van der Waals surface area (Å²) in [4.78, 5) is 24.6. The van der Waals surface area contributed by atoms with E-state index in [4.69, 9.17) is 23.7 Å². The molecule has 244 valence electrons. The molecule has 1 aliphatic heterocycles. The van der Waals surface area contributed by atoms with Gasteiger partial charge >= 0.3 is 12.0 Å². The van der Waals surface area contributed by atoms with Gasteiger partial charge in [-0.2, -0.15) is 5.10 Å². The van der Waals surface area contributed by atoms with Gasteiger partial charge in [0.2, 0.25) is 0 Å². The van der Waals surface area contributed by atoms with Crippen molar-refractivity contribution in [2.45, 2.75) is 39.6 Å². The van der Waals surface area contributed by atoms with Crippen molar-refractivity contribution in [3.8, 4) is 23.0 Å². The van der Waals surface area contributed by atoms with Crippen LogP contribution in [0, 0.1) is 6.92 Å².